The highest BCUT2D eigenvalue weighted by molar-refractivity contribution is 5.79. The molecule has 4 aliphatic carbocycles. The summed E-state index contributed by atoms with van der Waals surface area (Å²) >= 11 is 0. The lowest BCUT2D eigenvalue weighted by atomic mass is 9.42. The van der Waals surface area contributed by atoms with Gasteiger partial charge in [-0.05, 0) is 75.0 Å². The van der Waals surface area contributed by atoms with Gasteiger partial charge in [0.15, 0.2) is 0 Å². The molecule has 0 aromatic heterocycles. The molecule has 25 heavy (non-hydrogen) atoms. The monoisotopic (exact) mass is 352 g/mol. The predicted octanol–water partition coefficient (Wildman–Crippen LogP) is 3.66. The molecule has 2 N–H and O–H groups in total. The van der Waals surface area contributed by atoms with Crippen LogP contribution >= 0.6 is 0 Å². The first-order chi connectivity index (χ1) is 11.6. The first-order valence-corrected chi connectivity index (χ1v) is 10.2. The van der Waals surface area contributed by atoms with E-state index in [0.717, 1.165) is 25.7 Å². The van der Waals surface area contributed by atoms with Gasteiger partial charge in [0.1, 0.15) is 17.6 Å². The number of hydrogen-bond donors (Lipinski definition) is 2. The summed E-state index contributed by atoms with van der Waals surface area (Å²) in [6.45, 7) is 6.04. The number of hydrogen-bond acceptors (Lipinski definition) is 3. The van der Waals surface area contributed by atoms with Gasteiger partial charge in [0.25, 0.3) is 0 Å². The maximum atomic E-state index is 15.3. The number of fused-ring (bicyclic) bond motifs is 5. The van der Waals surface area contributed by atoms with Gasteiger partial charge >= 0.3 is 0 Å². The molecule has 142 valence electrons. The Morgan fingerprint density at radius 3 is 2.48 bits per heavy atom. The first kappa shape index (κ1) is 17.9. The molecule has 9 atom stereocenters. The van der Waals surface area contributed by atoms with Gasteiger partial charge in [0.2, 0.25) is 0 Å². The summed E-state index contributed by atoms with van der Waals surface area (Å²) in [4.78, 5) is 12.2. The molecule has 0 bridgehead atoms. The van der Waals surface area contributed by atoms with Crippen LogP contribution in [-0.2, 0) is 4.79 Å². The van der Waals surface area contributed by atoms with E-state index in [1.165, 1.54) is 0 Å². The largest absolute Gasteiger partial charge is 0.393 e. The van der Waals surface area contributed by atoms with Gasteiger partial charge in [0, 0.05) is 17.8 Å². The molecule has 0 heterocycles. The van der Waals surface area contributed by atoms with Crippen LogP contribution in [0.4, 0.5) is 4.39 Å². The van der Waals surface area contributed by atoms with Crippen molar-refractivity contribution < 1.29 is 19.4 Å². The van der Waals surface area contributed by atoms with Crippen LogP contribution in [0.3, 0.4) is 0 Å². The fourth-order valence-corrected chi connectivity index (χ4v) is 7.88. The molecule has 0 unspecified atom stereocenters. The maximum absolute atomic E-state index is 15.3. The van der Waals surface area contributed by atoms with Gasteiger partial charge < -0.3 is 10.2 Å². The van der Waals surface area contributed by atoms with E-state index in [9.17, 15) is 15.0 Å². The molecule has 0 radical (unpaired) electrons. The Bertz CT molecular complexity index is 579. The van der Waals surface area contributed by atoms with Crippen molar-refractivity contribution in [3.8, 4) is 0 Å². The molecule has 0 amide bonds. The minimum atomic E-state index is -1.39. The summed E-state index contributed by atoms with van der Waals surface area (Å²) in [6, 6.07) is 0. The third-order valence-corrected chi connectivity index (χ3v) is 9.28. The van der Waals surface area contributed by atoms with E-state index in [-0.39, 0.29) is 23.7 Å². The smallest absolute Gasteiger partial charge is 0.133 e. The number of rotatable bonds is 1. The lowest BCUT2D eigenvalue weighted by molar-refractivity contribution is -0.249. The van der Waals surface area contributed by atoms with Gasteiger partial charge in [-0.25, -0.2) is 4.39 Å². The highest BCUT2D eigenvalue weighted by atomic mass is 19.1. The van der Waals surface area contributed by atoms with Crippen LogP contribution in [0, 0.1) is 34.5 Å². The summed E-state index contributed by atoms with van der Waals surface area (Å²) in [6.07, 6.45) is 4.01. The standard InChI is InChI=1S/C21H33FO3/c1-12(23)15-4-5-16-14-10-18(22)21(25)11-13(24)6-9-20(21,3)17(14)7-8-19(15,16)2/h13-18,24-25H,4-11H2,1-3H3/t13-,14-,15+,16-,17-,18+,19+,20+,21+/m0/s1. The number of Topliss-reactive ketones (excluding diaryl/α,β-unsaturated/α-hetero) is 1. The molecule has 4 saturated carbocycles. The fourth-order valence-electron chi connectivity index (χ4n) is 7.88. The molecule has 0 spiro atoms. The van der Waals surface area contributed by atoms with Crippen molar-refractivity contribution in [2.75, 3.05) is 0 Å². The SMILES string of the molecule is CC(=O)[C@H]1CC[C@H]2[C@@H]3C[C@@H](F)[C@]4(O)C[C@@H](O)CC[C@]4(C)[C@H]3CC[C@]12C. The van der Waals surface area contributed by atoms with Crippen molar-refractivity contribution in [3.63, 3.8) is 0 Å². The van der Waals surface area contributed by atoms with Gasteiger partial charge in [-0.1, -0.05) is 13.8 Å². The van der Waals surface area contributed by atoms with Crippen molar-refractivity contribution in [1.29, 1.82) is 0 Å². The molecule has 3 nitrogen and oxygen atoms in total. The molecule has 0 aliphatic heterocycles. The van der Waals surface area contributed by atoms with Crippen molar-refractivity contribution >= 4 is 5.78 Å². The summed E-state index contributed by atoms with van der Waals surface area (Å²) < 4.78 is 15.3. The van der Waals surface area contributed by atoms with E-state index >= 15 is 4.39 Å². The second kappa shape index (κ2) is 5.51. The molecular weight excluding hydrogens is 319 g/mol. The number of aliphatic hydroxyl groups excluding tert-OH is 1. The summed E-state index contributed by atoms with van der Waals surface area (Å²) in [5.41, 5.74) is -1.84. The fraction of sp³-hybridized carbons (Fsp3) is 0.952. The van der Waals surface area contributed by atoms with Crippen molar-refractivity contribution in [2.45, 2.75) is 90.0 Å². The zero-order chi connectivity index (χ0) is 18.2. The second-order valence-electron chi connectivity index (χ2n) is 10.1. The molecule has 0 aromatic rings. The molecular formula is C21H33FO3. The topological polar surface area (TPSA) is 57.5 Å². The average molecular weight is 352 g/mol. The van der Waals surface area contributed by atoms with Crippen LogP contribution in [0.2, 0.25) is 0 Å². The Kier molecular flexibility index (Phi) is 3.95. The van der Waals surface area contributed by atoms with Gasteiger partial charge in [0.05, 0.1) is 6.10 Å². The highest BCUT2D eigenvalue weighted by Crippen LogP contribution is 2.68. The second-order valence-corrected chi connectivity index (χ2v) is 10.1. The molecule has 4 rings (SSSR count). The number of aliphatic hydroxyl groups is 2. The number of ketones is 1. The van der Waals surface area contributed by atoms with Gasteiger partial charge in [-0.3, -0.25) is 4.79 Å². The van der Waals surface area contributed by atoms with Crippen LogP contribution in [0.5, 0.6) is 0 Å². The highest BCUT2D eigenvalue weighted by Gasteiger charge is 2.68. The van der Waals surface area contributed by atoms with Crippen LogP contribution < -0.4 is 0 Å². The quantitative estimate of drug-likeness (QED) is 0.757. The Balaban J connectivity index is 1.69. The van der Waals surface area contributed by atoms with Crippen LogP contribution in [0.25, 0.3) is 0 Å². The Morgan fingerprint density at radius 1 is 1.08 bits per heavy atom. The maximum Gasteiger partial charge on any atom is 0.133 e. The number of halogens is 1. The number of carbonyl (C=O) groups excluding carboxylic acids is 1. The van der Waals surface area contributed by atoms with E-state index in [2.05, 4.69) is 13.8 Å². The number of alkyl halides is 1. The van der Waals surface area contributed by atoms with Crippen molar-refractivity contribution in [2.24, 2.45) is 34.5 Å². The Labute approximate surface area is 150 Å². The summed E-state index contributed by atoms with van der Waals surface area (Å²) in [7, 11) is 0. The van der Waals surface area contributed by atoms with Crippen LogP contribution in [0.15, 0.2) is 0 Å². The summed E-state index contributed by atoms with van der Waals surface area (Å²) in [5, 5.41) is 21.3. The summed E-state index contributed by atoms with van der Waals surface area (Å²) in [5.74, 6) is 1.38. The van der Waals surface area contributed by atoms with E-state index < -0.39 is 23.3 Å². The molecule has 4 heteroatoms. The Hall–Kier alpha value is -0.480. The zero-order valence-electron chi connectivity index (χ0n) is 15.8. The number of carbonyl (C=O) groups is 1. The van der Waals surface area contributed by atoms with Crippen molar-refractivity contribution in [3.05, 3.63) is 0 Å². The first-order valence-electron chi connectivity index (χ1n) is 10.2. The third-order valence-electron chi connectivity index (χ3n) is 9.28. The third kappa shape index (κ3) is 2.19. The van der Waals surface area contributed by atoms with E-state index in [0.29, 0.717) is 36.9 Å². The van der Waals surface area contributed by atoms with E-state index in [1.807, 2.05) is 0 Å². The van der Waals surface area contributed by atoms with Crippen molar-refractivity contribution in [1.82, 2.24) is 0 Å². The van der Waals surface area contributed by atoms with E-state index in [1.54, 1.807) is 6.92 Å². The molecule has 4 aliphatic rings. The van der Waals surface area contributed by atoms with Gasteiger partial charge in [-0.2, -0.15) is 0 Å². The van der Waals surface area contributed by atoms with Crippen LogP contribution in [-0.4, -0.2) is 33.9 Å². The predicted molar refractivity (Wildman–Crippen MR) is 93.6 cm³/mol. The lowest BCUT2D eigenvalue weighted by Gasteiger charge is -2.64. The molecule has 0 aromatic carbocycles. The van der Waals surface area contributed by atoms with Crippen LogP contribution in [0.1, 0.15) is 72.1 Å². The zero-order valence-corrected chi connectivity index (χ0v) is 15.8. The average Bonchev–Trinajstić information content (AvgIpc) is 2.88. The minimum absolute atomic E-state index is 0.00666. The van der Waals surface area contributed by atoms with E-state index in [4.69, 9.17) is 0 Å². The lowest BCUT2D eigenvalue weighted by Crippen LogP contribution is -2.67. The molecule has 0 saturated heterocycles. The normalized spacial score (nSPS) is 58.2. The van der Waals surface area contributed by atoms with Gasteiger partial charge in [-0.15, -0.1) is 0 Å². The Morgan fingerprint density at radius 2 is 1.80 bits per heavy atom. The molecule has 4 fully saturated rings. The minimum Gasteiger partial charge on any atom is -0.393 e.